The molecule has 0 atom stereocenters. The number of aromatic nitrogens is 1. The van der Waals surface area contributed by atoms with Gasteiger partial charge in [0.15, 0.2) is 0 Å². The third kappa shape index (κ3) is 2.19. The maximum Gasteiger partial charge on any atom is 0.268 e. The van der Waals surface area contributed by atoms with Crippen LogP contribution >= 0.6 is 0 Å². The van der Waals surface area contributed by atoms with Gasteiger partial charge in [0.2, 0.25) is 0 Å². The molecule has 2 heterocycles. The first kappa shape index (κ1) is 15.4. The molecule has 0 bridgehead atoms. The van der Waals surface area contributed by atoms with Crippen LogP contribution in [0.5, 0.6) is 0 Å². The largest absolute Gasteiger partial charge is 0.291 e. The third-order valence-corrected chi connectivity index (χ3v) is 6.53. The normalized spacial score (nSPS) is 15.3. The Morgan fingerprint density at radius 3 is 2.29 bits per heavy atom. The zero-order valence-corrected chi connectivity index (χ0v) is 14.6. The molecule has 1 aromatic heterocycles. The fourth-order valence-corrected chi connectivity index (χ4v) is 5.04. The fraction of sp³-hybridized carbons (Fsp3) is 0.263. The molecule has 4 nitrogen and oxygen atoms in total. The second kappa shape index (κ2) is 5.46. The summed E-state index contributed by atoms with van der Waals surface area (Å²) in [6.45, 7) is 5.74. The van der Waals surface area contributed by atoms with E-state index in [-0.39, 0.29) is 0 Å². The van der Waals surface area contributed by atoms with E-state index < -0.39 is 10.0 Å². The van der Waals surface area contributed by atoms with Gasteiger partial charge in [0.25, 0.3) is 10.0 Å². The Labute approximate surface area is 142 Å². The van der Waals surface area contributed by atoms with Crippen molar-refractivity contribution in [3.05, 3.63) is 65.9 Å². The predicted octanol–water partition coefficient (Wildman–Crippen LogP) is 3.60. The van der Waals surface area contributed by atoms with Crippen molar-refractivity contribution in [3.8, 4) is 0 Å². The van der Waals surface area contributed by atoms with E-state index in [4.69, 9.17) is 0 Å². The van der Waals surface area contributed by atoms with E-state index in [1.807, 2.05) is 30.3 Å². The van der Waals surface area contributed by atoms with Crippen LogP contribution in [-0.4, -0.2) is 23.3 Å². The molecule has 3 aromatic rings. The van der Waals surface area contributed by atoms with E-state index in [9.17, 15) is 8.42 Å². The predicted molar refractivity (Wildman–Crippen MR) is 95.3 cm³/mol. The van der Waals surface area contributed by atoms with Crippen LogP contribution in [0.15, 0.2) is 59.5 Å². The second-order valence-corrected chi connectivity index (χ2v) is 8.31. The Hall–Kier alpha value is -2.11. The first-order valence-electron chi connectivity index (χ1n) is 8.16. The summed E-state index contributed by atoms with van der Waals surface area (Å²) in [4.78, 5) is 2.63. The average Bonchev–Trinajstić information content (AvgIpc) is 3.12. The number of nitrogens with zero attached hydrogens (tertiary/aromatic N) is 2. The van der Waals surface area contributed by atoms with Gasteiger partial charge in [-0.25, -0.2) is 12.4 Å². The molecule has 0 saturated heterocycles. The molecule has 4 rings (SSSR count). The van der Waals surface area contributed by atoms with Crippen LogP contribution in [0.2, 0.25) is 0 Å². The van der Waals surface area contributed by atoms with Crippen molar-refractivity contribution in [1.29, 1.82) is 0 Å². The Bertz CT molecular complexity index is 1000. The van der Waals surface area contributed by atoms with Gasteiger partial charge >= 0.3 is 0 Å². The van der Waals surface area contributed by atoms with E-state index in [2.05, 4.69) is 18.7 Å². The molecule has 5 heteroatoms. The van der Waals surface area contributed by atoms with Crippen LogP contribution in [0.1, 0.15) is 25.1 Å². The highest BCUT2D eigenvalue weighted by atomic mass is 32.2. The highest BCUT2D eigenvalue weighted by Gasteiger charge is 2.32. The van der Waals surface area contributed by atoms with E-state index >= 15 is 0 Å². The summed E-state index contributed by atoms with van der Waals surface area (Å²) in [6, 6.07) is 16.8. The zero-order chi connectivity index (χ0) is 16.9. The van der Waals surface area contributed by atoms with Gasteiger partial charge in [-0.3, -0.25) is 4.90 Å². The van der Waals surface area contributed by atoms with Gasteiger partial charge in [0.1, 0.15) is 0 Å². The molecule has 1 aliphatic rings. The maximum atomic E-state index is 13.3. The van der Waals surface area contributed by atoms with Gasteiger partial charge < -0.3 is 0 Å². The van der Waals surface area contributed by atoms with Crippen LogP contribution in [0.25, 0.3) is 10.9 Å². The van der Waals surface area contributed by atoms with Crippen molar-refractivity contribution >= 4 is 20.9 Å². The molecule has 0 spiro atoms. The molecule has 0 N–H and O–H groups in total. The molecule has 1 aliphatic heterocycles. The number of benzene rings is 2. The summed E-state index contributed by atoms with van der Waals surface area (Å²) in [6.07, 6.45) is 0. The molecular weight excluding hydrogens is 320 g/mol. The van der Waals surface area contributed by atoms with Crippen LogP contribution in [0.4, 0.5) is 0 Å². The number of rotatable bonds is 3. The Balaban J connectivity index is 1.99. The van der Waals surface area contributed by atoms with Gasteiger partial charge in [0, 0.05) is 24.5 Å². The van der Waals surface area contributed by atoms with Gasteiger partial charge in [-0.1, -0.05) is 36.4 Å². The fourth-order valence-electron chi connectivity index (χ4n) is 3.45. The molecule has 0 fully saturated rings. The number of fused-ring (bicyclic) bond motifs is 3. The van der Waals surface area contributed by atoms with Crippen LogP contribution in [-0.2, 0) is 23.1 Å². The van der Waals surface area contributed by atoms with Crippen LogP contribution in [0, 0.1) is 0 Å². The maximum absolute atomic E-state index is 13.3. The average molecular weight is 340 g/mol. The summed E-state index contributed by atoms with van der Waals surface area (Å²) >= 11 is 0. The SMILES string of the molecule is CC(C)N1Cc2c(n(S(=O)(=O)c3ccccc3)c3ccccc23)C1. The summed E-state index contributed by atoms with van der Waals surface area (Å²) in [7, 11) is -3.61. The topological polar surface area (TPSA) is 42.3 Å². The lowest BCUT2D eigenvalue weighted by molar-refractivity contribution is 0.225. The van der Waals surface area contributed by atoms with Gasteiger partial charge in [-0.2, -0.15) is 0 Å². The monoisotopic (exact) mass is 340 g/mol. The number of para-hydroxylation sites is 1. The zero-order valence-electron chi connectivity index (χ0n) is 13.8. The first-order valence-corrected chi connectivity index (χ1v) is 9.60. The van der Waals surface area contributed by atoms with Crippen molar-refractivity contribution in [2.75, 3.05) is 0 Å². The second-order valence-electron chi connectivity index (χ2n) is 6.52. The highest BCUT2D eigenvalue weighted by molar-refractivity contribution is 7.90. The van der Waals surface area contributed by atoms with Crippen molar-refractivity contribution in [1.82, 2.24) is 8.87 Å². The van der Waals surface area contributed by atoms with Crippen molar-refractivity contribution in [3.63, 3.8) is 0 Å². The van der Waals surface area contributed by atoms with Crippen LogP contribution in [0.3, 0.4) is 0 Å². The minimum atomic E-state index is -3.61. The molecule has 124 valence electrons. The lowest BCUT2D eigenvalue weighted by Gasteiger charge is -2.20. The van der Waals surface area contributed by atoms with E-state index in [0.717, 1.165) is 28.7 Å². The minimum Gasteiger partial charge on any atom is -0.291 e. The molecular formula is C19H20N2O2S. The molecule has 0 aliphatic carbocycles. The summed E-state index contributed by atoms with van der Waals surface area (Å²) < 4.78 is 28.1. The molecule has 0 radical (unpaired) electrons. The Kier molecular flexibility index (Phi) is 3.51. The number of hydrogen-bond acceptors (Lipinski definition) is 3. The van der Waals surface area contributed by atoms with Gasteiger partial charge in [0.05, 0.1) is 16.1 Å². The van der Waals surface area contributed by atoms with E-state index in [1.54, 1.807) is 28.2 Å². The standard InChI is InChI=1S/C19H20N2O2S/c1-14(2)20-12-17-16-10-6-7-11-18(16)21(19(17)13-20)24(22,23)15-8-4-3-5-9-15/h3-11,14H,12-13H2,1-2H3. The summed E-state index contributed by atoms with van der Waals surface area (Å²) in [5.74, 6) is 0. The lowest BCUT2D eigenvalue weighted by Crippen LogP contribution is -2.26. The Morgan fingerprint density at radius 2 is 1.58 bits per heavy atom. The minimum absolute atomic E-state index is 0.330. The molecule has 24 heavy (non-hydrogen) atoms. The molecule has 2 aromatic carbocycles. The molecule has 0 amide bonds. The first-order chi connectivity index (χ1) is 11.5. The Morgan fingerprint density at radius 1 is 0.917 bits per heavy atom. The number of hydrogen-bond donors (Lipinski definition) is 0. The van der Waals surface area contributed by atoms with Crippen molar-refractivity contribution < 1.29 is 8.42 Å². The quantitative estimate of drug-likeness (QED) is 0.731. The smallest absolute Gasteiger partial charge is 0.268 e. The van der Waals surface area contributed by atoms with E-state index in [1.165, 1.54) is 0 Å². The van der Waals surface area contributed by atoms with Crippen molar-refractivity contribution in [2.45, 2.75) is 37.9 Å². The van der Waals surface area contributed by atoms with Crippen LogP contribution < -0.4 is 0 Å². The lowest BCUT2D eigenvalue weighted by atomic mass is 10.1. The van der Waals surface area contributed by atoms with Gasteiger partial charge in [-0.05, 0) is 37.6 Å². The summed E-state index contributed by atoms with van der Waals surface area (Å²) in [5, 5.41) is 1.04. The van der Waals surface area contributed by atoms with Crippen molar-refractivity contribution in [2.24, 2.45) is 0 Å². The summed E-state index contributed by atoms with van der Waals surface area (Å²) in [5.41, 5.74) is 2.81. The van der Waals surface area contributed by atoms with E-state index in [0.29, 0.717) is 17.5 Å². The molecule has 0 unspecified atom stereocenters. The third-order valence-electron chi connectivity index (χ3n) is 4.77. The highest BCUT2D eigenvalue weighted by Crippen LogP contribution is 2.36. The van der Waals surface area contributed by atoms with Gasteiger partial charge in [-0.15, -0.1) is 0 Å². The molecule has 0 saturated carbocycles.